The van der Waals surface area contributed by atoms with E-state index >= 15 is 0 Å². The van der Waals surface area contributed by atoms with Gasteiger partial charge in [-0.15, -0.1) is 0 Å². The quantitative estimate of drug-likeness (QED) is 0.734. The van der Waals surface area contributed by atoms with Crippen molar-refractivity contribution in [1.29, 1.82) is 0 Å². The summed E-state index contributed by atoms with van der Waals surface area (Å²) in [4.78, 5) is 24.6. The Balaban J connectivity index is 2.03. The van der Waals surface area contributed by atoms with Crippen LogP contribution in [0, 0.1) is 17.8 Å². The van der Waals surface area contributed by atoms with Crippen LogP contribution in [0.15, 0.2) is 0 Å². The van der Waals surface area contributed by atoms with Gasteiger partial charge in [-0.25, -0.2) is 4.79 Å². The third-order valence-electron chi connectivity index (χ3n) is 5.25. The Hall–Kier alpha value is -1.14. The lowest BCUT2D eigenvalue weighted by Gasteiger charge is -2.44. The molecular weight excluding hydrogens is 284 g/mol. The Kier molecular flexibility index (Phi) is 5.45. The fourth-order valence-corrected chi connectivity index (χ4v) is 4.04. The molecule has 2 aliphatic rings. The summed E-state index contributed by atoms with van der Waals surface area (Å²) in [5, 5.41) is 2.84. The minimum atomic E-state index is -1.14. The van der Waals surface area contributed by atoms with Crippen molar-refractivity contribution in [2.45, 2.75) is 50.6 Å². The summed E-state index contributed by atoms with van der Waals surface area (Å²) in [5.41, 5.74) is 5.12. The Morgan fingerprint density at radius 1 is 1.23 bits per heavy atom. The minimum Gasteiger partial charge on any atom is -0.467 e. The molecule has 3 N–H and O–H groups in total. The average Bonchev–Trinajstić information content (AvgIpc) is 2.46. The van der Waals surface area contributed by atoms with Crippen molar-refractivity contribution in [2.24, 2.45) is 23.5 Å². The molecular formula is C16H28N2O4. The first-order valence-corrected chi connectivity index (χ1v) is 8.06. The van der Waals surface area contributed by atoms with Gasteiger partial charge >= 0.3 is 5.97 Å². The molecule has 22 heavy (non-hydrogen) atoms. The van der Waals surface area contributed by atoms with Crippen LogP contribution in [0.25, 0.3) is 0 Å². The SMILES string of the molecule is COCC(C)(NC(=O)C1CC2CCCC(C1)C2N)C(=O)OC. The maximum Gasteiger partial charge on any atom is 0.333 e. The van der Waals surface area contributed by atoms with Crippen molar-refractivity contribution < 1.29 is 19.1 Å². The number of carbonyl (C=O) groups is 2. The zero-order valence-electron chi connectivity index (χ0n) is 13.8. The van der Waals surface area contributed by atoms with Crippen LogP contribution in [0.3, 0.4) is 0 Å². The summed E-state index contributed by atoms with van der Waals surface area (Å²) in [6, 6.07) is 0.226. The monoisotopic (exact) mass is 312 g/mol. The van der Waals surface area contributed by atoms with Crippen LogP contribution in [0.4, 0.5) is 0 Å². The normalized spacial score (nSPS) is 33.6. The van der Waals surface area contributed by atoms with E-state index in [2.05, 4.69) is 5.32 Å². The minimum absolute atomic E-state index is 0.0732. The topological polar surface area (TPSA) is 90.6 Å². The van der Waals surface area contributed by atoms with Crippen molar-refractivity contribution in [1.82, 2.24) is 5.32 Å². The average molecular weight is 312 g/mol. The molecule has 2 rings (SSSR count). The van der Waals surface area contributed by atoms with Crippen molar-refractivity contribution >= 4 is 11.9 Å². The van der Waals surface area contributed by atoms with Crippen LogP contribution >= 0.6 is 0 Å². The second kappa shape index (κ2) is 6.96. The first-order chi connectivity index (χ1) is 10.4. The summed E-state index contributed by atoms with van der Waals surface area (Å²) in [6.07, 6.45) is 5.05. The first kappa shape index (κ1) is 17.2. The van der Waals surface area contributed by atoms with E-state index in [1.807, 2.05) is 0 Å². The number of ether oxygens (including phenoxy) is 2. The summed E-state index contributed by atoms with van der Waals surface area (Å²) in [5.74, 6) is 0.199. The Labute approximate surface area is 132 Å². The molecule has 0 saturated heterocycles. The number of nitrogens with one attached hydrogen (secondary N) is 1. The van der Waals surface area contributed by atoms with Crippen molar-refractivity contribution in [3.63, 3.8) is 0 Å². The van der Waals surface area contributed by atoms with Crippen LogP contribution in [0.1, 0.15) is 39.0 Å². The predicted molar refractivity (Wildman–Crippen MR) is 82.0 cm³/mol. The second-order valence-electron chi connectivity index (χ2n) is 6.94. The summed E-state index contributed by atoms with van der Waals surface area (Å²) in [7, 11) is 2.81. The van der Waals surface area contributed by atoms with E-state index in [-0.39, 0.29) is 24.5 Å². The molecule has 2 bridgehead atoms. The fraction of sp³-hybridized carbons (Fsp3) is 0.875. The Morgan fingerprint density at radius 3 is 2.32 bits per heavy atom. The molecule has 2 fully saturated rings. The first-order valence-electron chi connectivity index (χ1n) is 8.06. The van der Waals surface area contributed by atoms with Crippen LogP contribution in [0.5, 0.6) is 0 Å². The maximum atomic E-state index is 12.6. The highest BCUT2D eigenvalue weighted by Gasteiger charge is 2.43. The highest BCUT2D eigenvalue weighted by molar-refractivity contribution is 5.88. The molecule has 1 amide bonds. The number of rotatable bonds is 5. The summed E-state index contributed by atoms with van der Waals surface area (Å²) < 4.78 is 9.87. The van der Waals surface area contributed by atoms with Gasteiger partial charge in [0.1, 0.15) is 0 Å². The number of hydrogen-bond acceptors (Lipinski definition) is 5. The maximum absolute atomic E-state index is 12.6. The number of nitrogens with two attached hydrogens (primary N) is 1. The van der Waals surface area contributed by atoms with Gasteiger partial charge in [0, 0.05) is 19.1 Å². The molecule has 126 valence electrons. The lowest BCUT2D eigenvalue weighted by molar-refractivity contribution is -0.153. The molecule has 0 radical (unpaired) electrons. The van der Waals surface area contributed by atoms with Crippen LogP contribution in [-0.2, 0) is 19.1 Å². The fourth-order valence-electron chi connectivity index (χ4n) is 4.04. The van der Waals surface area contributed by atoms with Gasteiger partial charge in [0.05, 0.1) is 13.7 Å². The molecule has 3 unspecified atom stereocenters. The van der Waals surface area contributed by atoms with Gasteiger partial charge in [-0.1, -0.05) is 6.42 Å². The summed E-state index contributed by atoms with van der Waals surface area (Å²) in [6.45, 7) is 1.72. The molecule has 0 aliphatic heterocycles. The molecule has 0 aromatic rings. The second-order valence-corrected chi connectivity index (χ2v) is 6.94. The van der Waals surface area contributed by atoms with Gasteiger partial charge in [-0.2, -0.15) is 0 Å². The van der Waals surface area contributed by atoms with E-state index in [9.17, 15) is 9.59 Å². The molecule has 0 aromatic carbocycles. The van der Waals surface area contributed by atoms with E-state index < -0.39 is 11.5 Å². The number of carbonyl (C=O) groups excluding carboxylic acids is 2. The number of fused-ring (bicyclic) bond motifs is 2. The van der Waals surface area contributed by atoms with E-state index in [0.717, 1.165) is 25.7 Å². The van der Waals surface area contributed by atoms with Gasteiger partial charge in [0.25, 0.3) is 0 Å². The number of amides is 1. The molecule has 2 aliphatic carbocycles. The third kappa shape index (κ3) is 3.43. The van der Waals surface area contributed by atoms with Crippen molar-refractivity contribution in [3.05, 3.63) is 0 Å². The van der Waals surface area contributed by atoms with Gasteiger partial charge < -0.3 is 20.5 Å². The molecule has 3 atom stereocenters. The van der Waals surface area contributed by atoms with E-state index in [0.29, 0.717) is 11.8 Å². The zero-order chi connectivity index (χ0) is 16.3. The predicted octanol–water partition coefficient (Wildman–Crippen LogP) is 0.834. The van der Waals surface area contributed by atoms with Gasteiger partial charge in [-0.3, -0.25) is 4.79 Å². The lowest BCUT2D eigenvalue weighted by atomic mass is 9.65. The Bertz CT molecular complexity index is 414. The standard InChI is InChI=1S/C16H28N2O4/c1-16(9-21-2,15(20)22-3)18-14(19)12-7-10-5-4-6-11(8-12)13(10)17/h10-13H,4-9,17H2,1-3H3,(H,18,19). The molecule has 6 heteroatoms. The molecule has 6 nitrogen and oxygen atoms in total. The number of methoxy groups -OCH3 is 2. The number of esters is 1. The summed E-state index contributed by atoms with van der Waals surface area (Å²) >= 11 is 0. The molecule has 0 aromatic heterocycles. The number of hydrogen-bond donors (Lipinski definition) is 2. The molecule has 0 spiro atoms. The zero-order valence-corrected chi connectivity index (χ0v) is 13.8. The van der Waals surface area contributed by atoms with Crippen LogP contribution < -0.4 is 11.1 Å². The van der Waals surface area contributed by atoms with Crippen molar-refractivity contribution in [2.75, 3.05) is 20.8 Å². The van der Waals surface area contributed by atoms with Crippen molar-refractivity contribution in [3.8, 4) is 0 Å². The van der Waals surface area contributed by atoms with E-state index in [1.165, 1.54) is 20.6 Å². The van der Waals surface area contributed by atoms with Gasteiger partial charge in [0.15, 0.2) is 5.54 Å². The van der Waals surface area contributed by atoms with E-state index in [1.54, 1.807) is 6.92 Å². The van der Waals surface area contributed by atoms with E-state index in [4.69, 9.17) is 15.2 Å². The molecule has 0 heterocycles. The van der Waals surface area contributed by atoms with Gasteiger partial charge in [0.2, 0.25) is 5.91 Å². The van der Waals surface area contributed by atoms with Gasteiger partial charge in [-0.05, 0) is 44.4 Å². The highest BCUT2D eigenvalue weighted by Crippen LogP contribution is 2.42. The highest BCUT2D eigenvalue weighted by atomic mass is 16.5. The smallest absolute Gasteiger partial charge is 0.333 e. The van der Waals surface area contributed by atoms with Crippen LogP contribution in [-0.4, -0.2) is 44.3 Å². The molecule has 2 saturated carbocycles. The Morgan fingerprint density at radius 2 is 1.82 bits per heavy atom. The largest absolute Gasteiger partial charge is 0.467 e. The lowest BCUT2D eigenvalue weighted by Crippen LogP contribution is -2.58. The van der Waals surface area contributed by atoms with Crippen LogP contribution in [0.2, 0.25) is 0 Å². The third-order valence-corrected chi connectivity index (χ3v) is 5.25.